The van der Waals surface area contributed by atoms with E-state index in [0.717, 1.165) is 72.0 Å². The minimum Gasteiger partial charge on any atom is -0.456 e. The lowest BCUT2D eigenvalue weighted by Gasteiger charge is -2.27. The van der Waals surface area contributed by atoms with E-state index >= 15 is 0 Å². The summed E-state index contributed by atoms with van der Waals surface area (Å²) < 4.78 is 6.63. The van der Waals surface area contributed by atoms with Gasteiger partial charge in [0.15, 0.2) is 17.5 Å². The van der Waals surface area contributed by atoms with Gasteiger partial charge in [0.25, 0.3) is 0 Å². The summed E-state index contributed by atoms with van der Waals surface area (Å²) in [6.45, 7) is 0. The molecule has 8 aromatic carbocycles. The Kier molecular flexibility index (Phi) is 7.73. The van der Waals surface area contributed by atoms with Crippen LogP contribution in [0.25, 0.3) is 78.0 Å². The molecule has 0 amide bonds. The Morgan fingerprint density at radius 1 is 0.352 bits per heavy atom. The third-order valence-electron chi connectivity index (χ3n) is 9.88. The number of benzene rings is 8. The number of furan rings is 1. The second-order valence-corrected chi connectivity index (χ2v) is 13.3. The van der Waals surface area contributed by atoms with Crippen LogP contribution in [0, 0.1) is 0 Å². The van der Waals surface area contributed by atoms with Gasteiger partial charge in [-0.25, -0.2) is 15.0 Å². The third kappa shape index (κ3) is 5.74. The van der Waals surface area contributed by atoms with Gasteiger partial charge >= 0.3 is 0 Å². The van der Waals surface area contributed by atoms with Crippen molar-refractivity contribution in [1.29, 1.82) is 0 Å². The van der Waals surface area contributed by atoms with Gasteiger partial charge in [-0.15, -0.1) is 0 Å². The summed E-state index contributed by atoms with van der Waals surface area (Å²) >= 11 is 0. The highest BCUT2D eigenvalue weighted by Crippen LogP contribution is 2.45. The van der Waals surface area contributed by atoms with Crippen molar-refractivity contribution in [2.45, 2.75) is 0 Å². The Balaban J connectivity index is 1.22. The molecule has 54 heavy (non-hydrogen) atoms. The number of anilines is 3. The predicted molar refractivity (Wildman–Crippen MR) is 221 cm³/mol. The normalized spacial score (nSPS) is 11.3. The van der Waals surface area contributed by atoms with Crippen LogP contribution in [0.5, 0.6) is 0 Å². The van der Waals surface area contributed by atoms with Gasteiger partial charge < -0.3 is 9.32 Å². The molecule has 0 unspecified atom stereocenters. The summed E-state index contributed by atoms with van der Waals surface area (Å²) in [6, 6.07) is 66.9. The molecule has 254 valence electrons. The lowest BCUT2D eigenvalue weighted by atomic mass is 10.0. The number of hydrogen-bond acceptors (Lipinski definition) is 5. The first-order valence-corrected chi connectivity index (χ1v) is 18.0. The van der Waals surface area contributed by atoms with Crippen molar-refractivity contribution >= 4 is 49.8 Å². The van der Waals surface area contributed by atoms with E-state index in [1.807, 2.05) is 54.6 Å². The molecule has 5 heteroatoms. The zero-order valence-corrected chi connectivity index (χ0v) is 29.2. The van der Waals surface area contributed by atoms with E-state index < -0.39 is 0 Å². The Morgan fingerprint density at radius 2 is 0.889 bits per heavy atom. The van der Waals surface area contributed by atoms with Crippen molar-refractivity contribution in [1.82, 2.24) is 15.0 Å². The molecular formula is C49H32N4O. The van der Waals surface area contributed by atoms with Crippen LogP contribution in [0.1, 0.15) is 0 Å². The molecule has 0 atom stereocenters. The molecule has 0 spiro atoms. The first kappa shape index (κ1) is 31.4. The molecule has 0 aliphatic carbocycles. The Labute approximate surface area is 312 Å². The summed E-state index contributed by atoms with van der Waals surface area (Å²) in [5.74, 6) is 1.77. The van der Waals surface area contributed by atoms with Crippen LogP contribution in [-0.4, -0.2) is 15.0 Å². The summed E-state index contributed by atoms with van der Waals surface area (Å²) in [5.41, 5.74) is 9.54. The number of rotatable bonds is 7. The highest BCUT2D eigenvalue weighted by molar-refractivity contribution is 6.14. The van der Waals surface area contributed by atoms with E-state index in [4.69, 9.17) is 19.4 Å². The molecule has 0 bridgehead atoms. The molecule has 0 fully saturated rings. The monoisotopic (exact) mass is 692 g/mol. The zero-order valence-electron chi connectivity index (χ0n) is 29.2. The van der Waals surface area contributed by atoms with E-state index in [9.17, 15) is 0 Å². The Hall–Kier alpha value is -7.37. The fourth-order valence-electron chi connectivity index (χ4n) is 7.25. The smallest absolute Gasteiger partial charge is 0.164 e. The lowest BCUT2D eigenvalue weighted by Crippen LogP contribution is -2.10. The minimum absolute atomic E-state index is 0.558. The van der Waals surface area contributed by atoms with Crippen molar-refractivity contribution in [2.24, 2.45) is 0 Å². The number of hydrogen-bond donors (Lipinski definition) is 0. The quantitative estimate of drug-likeness (QED) is 0.166. The SMILES string of the molecule is c1ccc(-c2ccc(N(c3ccccc3)c3cc(-c4nc(-c5ccccc5)nc(-c5ccc6ccccc6c5)n4)cc4oc5ccccc5c34)cc2)cc1. The maximum Gasteiger partial charge on any atom is 0.164 e. The van der Waals surface area contributed by atoms with E-state index in [0.29, 0.717) is 17.5 Å². The van der Waals surface area contributed by atoms with Gasteiger partial charge in [0.05, 0.1) is 11.1 Å². The summed E-state index contributed by atoms with van der Waals surface area (Å²) in [4.78, 5) is 17.6. The van der Waals surface area contributed by atoms with Gasteiger partial charge in [0.1, 0.15) is 11.2 Å². The molecule has 0 N–H and O–H groups in total. The average molecular weight is 693 g/mol. The largest absolute Gasteiger partial charge is 0.456 e. The predicted octanol–water partition coefficient (Wildman–Crippen LogP) is 13.1. The number of para-hydroxylation sites is 2. The van der Waals surface area contributed by atoms with Gasteiger partial charge in [-0.05, 0) is 70.4 Å². The highest BCUT2D eigenvalue weighted by Gasteiger charge is 2.23. The molecule has 0 saturated heterocycles. The van der Waals surface area contributed by atoms with Crippen LogP contribution in [-0.2, 0) is 0 Å². The van der Waals surface area contributed by atoms with Crippen molar-refractivity contribution in [2.75, 3.05) is 4.90 Å². The maximum atomic E-state index is 6.63. The third-order valence-corrected chi connectivity index (χ3v) is 9.88. The summed E-state index contributed by atoms with van der Waals surface area (Å²) in [5, 5.41) is 4.34. The van der Waals surface area contributed by atoms with E-state index in [1.54, 1.807) is 0 Å². The van der Waals surface area contributed by atoms with Crippen molar-refractivity contribution < 1.29 is 4.42 Å². The summed E-state index contributed by atoms with van der Waals surface area (Å²) in [6.07, 6.45) is 0. The van der Waals surface area contributed by atoms with Crippen LogP contribution in [0.2, 0.25) is 0 Å². The van der Waals surface area contributed by atoms with Crippen LogP contribution in [0.3, 0.4) is 0 Å². The number of aromatic nitrogens is 3. The van der Waals surface area contributed by atoms with Gasteiger partial charge in [-0.3, -0.25) is 0 Å². The van der Waals surface area contributed by atoms with Crippen LogP contribution in [0.15, 0.2) is 199 Å². The van der Waals surface area contributed by atoms with E-state index in [1.165, 1.54) is 5.56 Å². The molecule has 10 rings (SSSR count). The standard InChI is InChI=1S/C49H32N4O/c1-4-14-33(15-5-1)35-26-28-41(29-27-35)53(40-20-8-3-9-21-40)43-31-39(32-45-46(43)42-22-12-13-23-44(42)54-45)49-51-47(36-17-6-2-7-18-36)50-48(52-49)38-25-24-34-16-10-11-19-37(34)30-38/h1-32H. The summed E-state index contributed by atoms with van der Waals surface area (Å²) in [7, 11) is 0. The molecule has 5 nitrogen and oxygen atoms in total. The molecule has 0 aliphatic heterocycles. The van der Waals surface area contributed by atoms with Gasteiger partial charge in [-0.1, -0.05) is 146 Å². The topological polar surface area (TPSA) is 55.1 Å². The fraction of sp³-hybridized carbons (Fsp3) is 0. The van der Waals surface area contributed by atoms with Gasteiger partial charge in [0, 0.05) is 33.5 Å². The molecule has 0 saturated carbocycles. The van der Waals surface area contributed by atoms with Crippen molar-refractivity contribution in [3.63, 3.8) is 0 Å². The zero-order chi connectivity index (χ0) is 35.8. The molecular weight excluding hydrogens is 661 g/mol. The van der Waals surface area contributed by atoms with Gasteiger partial charge in [-0.2, -0.15) is 0 Å². The van der Waals surface area contributed by atoms with E-state index in [-0.39, 0.29) is 0 Å². The van der Waals surface area contributed by atoms with E-state index in [2.05, 4.69) is 144 Å². The minimum atomic E-state index is 0.558. The molecule has 2 heterocycles. The molecule has 10 aromatic rings. The first-order valence-electron chi connectivity index (χ1n) is 18.0. The lowest BCUT2D eigenvalue weighted by molar-refractivity contribution is 0.669. The van der Waals surface area contributed by atoms with Crippen LogP contribution >= 0.6 is 0 Å². The second kappa shape index (κ2) is 13.3. The maximum absolute atomic E-state index is 6.63. The molecule has 0 aliphatic rings. The van der Waals surface area contributed by atoms with Crippen molar-refractivity contribution in [3.8, 4) is 45.3 Å². The average Bonchev–Trinajstić information content (AvgIpc) is 3.63. The van der Waals surface area contributed by atoms with Crippen LogP contribution < -0.4 is 4.90 Å². The number of nitrogens with zero attached hydrogens (tertiary/aromatic N) is 4. The molecule has 2 aromatic heterocycles. The van der Waals surface area contributed by atoms with Crippen LogP contribution in [0.4, 0.5) is 17.1 Å². The highest BCUT2D eigenvalue weighted by atomic mass is 16.3. The Morgan fingerprint density at radius 3 is 1.63 bits per heavy atom. The molecule has 0 radical (unpaired) electrons. The fourth-order valence-corrected chi connectivity index (χ4v) is 7.25. The van der Waals surface area contributed by atoms with Crippen molar-refractivity contribution in [3.05, 3.63) is 194 Å². The number of fused-ring (bicyclic) bond motifs is 4. The second-order valence-electron chi connectivity index (χ2n) is 13.3. The Bertz CT molecular complexity index is 2920. The first-order chi connectivity index (χ1) is 26.7. The van der Waals surface area contributed by atoms with Gasteiger partial charge in [0.2, 0.25) is 0 Å².